The monoisotopic (exact) mass is 702 g/mol. The van der Waals surface area contributed by atoms with E-state index in [-0.39, 0.29) is 23.5 Å². The molecule has 0 fully saturated rings. The summed E-state index contributed by atoms with van der Waals surface area (Å²) in [5.74, 6) is -3.54. The van der Waals surface area contributed by atoms with Crippen LogP contribution in [0.3, 0.4) is 0 Å². The number of aryl methyl sites for hydroxylation is 1. The summed E-state index contributed by atoms with van der Waals surface area (Å²) in [5, 5.41) is 16.2. The van der Waals surface area contributed by atoms with E-state index in [1.807, 2.05) is 31.2 Å². The van der Waals surface area contributed by atoms with Gasteiger partial charge in [-0.3, -0.25) is 14.4 Å². The lowest BCUT2D eigenvalue weighted by Gasteiger charge is -2.21. The first-order valence-corrected chi connectivity index (χ1v) is 16.1. The van der Waals surface area contributed by atoms with Crippen LogP contribution in [0.5, 0.6) is 5.75 Å². The van der Waals surface area contributed by atoms with Crippen LogP contribution in [0.15, 0.2) is 114 Å². The zero-order valence-corrected chi connectivity index (χ0v) is 28.1. The van der Waals surface area contributed by atoms with Crippen LogP contribution < -0.4 is 10.1 Å². The van der Waals surface area contributed by atoms with Gasteiger partial charge in [0, 0.05) is 46.6 Å². The third-order valence-electron chi connectivity index (χ3n) is 8.24. The van der Waals surface area contributed by atoms with Gasteiger partial charge in [0.1, 0.15) is 23.9 Å². The molecule has 0 unspecified atom stereocenters. The number of carbonyl (C=O) groups is 3. The predicted molar refractivity (Wildman–Crippen MR) is 189 cm³/mol. The van der Waals surface area contributed by atoms with Crippen LogP contribution in [-0.4, -0.2) is 51.6 Å². The Bertz CT molecular complexity index is 2200. The number of amides is 2. The number of aromatic nitrogens is 2. The number of hydrogen-bond acceptors (Lipinski definition) is 7. The Balaban J connectivity index is 1.08. The minimum atomic E-state index is -1.20. The van der Waals surface area contributed by atoms with Crippen molar-refractivity contribution in [3.05, 3.63) is 143 Å². The Morgan fingerprint density at radius 1 is 0.808 bits per heavy atom. The molecule has 10 nitrogen and oxygen atoms in total. The normalized spacial score (nSPS) is 10.8. The number of carboxylic acid groups (broad SMARTS) is 1. The molecule has 0 atom stereocenters. The lowest BCUT2D eigenvalue weighted by molar-refractivity contribution is -0.137. The van der Waals surface area contributed by atoms with Crippen LogP contribution in [0, 0.1) is 18.6 Å². The van der Waals surface area contributed by atoms with Gasteiger partial charge in [-0.15, -0.1) is 0 Å². The Hall–Kier alpha value is -6.69. The molecule has 2 N–H and O–H groups in total. The first-order valence-electron chi connectivity index (χ1n) is 16.1. The number of aliphatic carboxylic acids is 1. The molecule has 0 aliphatic carbocycles. The van der Waals surface area contributed by atoms with Crippen LogP contribution >= 0.6 is 0 Å². The quantitative estimate of drug-likeness (QED) is 0.133. The van der Waals surface area contributed by atoms with Crippen molar-refractivity contribution in [1.29, 1.82) is 0 Å². The topological polar surface area (TPSA) is 135 Å². The molecule has 12 heteroatoms. The number of halogens is 2. The summed E-state index contributed by atoms with van der Waals surface area (Å²) in [6, 6.07) is 30.8. The Morgan fingerprint density at radius 3 is 1.98 bits per heavy atom. The fourth-order valence-electron chi connectivity index (χ4n) is 5.46. The van der Waals surface area contributed by atoms with Gasteiger partial charge < -0.3 is 24.6 Å². The van der Waals surface area contributed by atoms with E-state index in [9.17, 15) is 28.3 Å². The molecule has 6 aromatic rings. The molecule has 1 aromatic heterocycles. The van der Waals surface area contributed by atoms with Gasteiger partial charge in [-0.2, -0.15) is 4.98 Å². The Morgan fingerprint density at radius 2 is 1.38 bits per heavy atom. The fourth-order valence-corrected chi connectivity index (χ4v) is 5.46. The second-order valence-electron chi connectivity index (χ2n) is 12.0. The second kappa shape index (κ2) is 15.5. The standard InChI is InChI=1S/C40H32F2N4O6/c1-24-3-7-26(8-4-24)27-11-13-29(14-12-27)39-44-38(45-52-39)28-9-5-25(6-10-28)22-46(23-37(48)49)40(50)30-15-17-31(18-16-30)43-36(47)21-33-34(41)19-32(51-2)20-35(33)42/h3-20H,21-23H2,1-2H3,(H,43,47)(H,48,49). The van der Waals surface area contributed by atoms with Gasteiger partial charge in [-0.25, -0.2) is 8.78 Å². The fraction of sp³-hybridized carbons (Fsp3) is 0.125. The highest BCUT2D eigenvalue weighted by Gasteiger charge is 2.21. The molecule has 0 aliphatic rings. The lowest BCUT2D eigenvalue weighted by atomic mass is 10.0. The van der Waals surface area contributed by atoms with E-state index in [0.717, 1.165) is 28.8 Å². The first-order chi connectivity index (χ1) is 25.1. The number of nitrogens with zero attached hydrogens (tertiary/aromatic N) is 3. The van der Waals surface area contributed by atoms with Crippen LogP contribution in [-0.2, 0) is 22.6 Å². The third kappa shape index (κ3) is 8.36. The van der Waals surface area contributed by atoms with E-state index in [2.05, 4.69) is 39.7 Å². The molecule has 6 rings (SSSR count). The van der Waals surface area contributed by atoms with Crippen LogP contribution in [0.25, 0.3) is 34.0 Å². The maximum Gasteiger partial charge on any atom is 0.323 e. The van der Waals surface area contributed by atoms with Gasteiger partial charge in [-0.05, 0) is 60.0 Å². The number of carboxylic acids is 1. The molecule has 0 radical (unpaired) electrons. The second-order valence-corrected chi connectivity index (χ2v) is 12.0. The average Bonchev–Trinajstić information content (AvgIpc) is 3.64. The first kappa shape index (κ1) is 35.1. The summed E-state index contributed by atoms with van der Waals surface area (Å²) in [7, 11) is 1.27. The summed E-state index contributed by atoms with van der Waals surface area (Å²) in [6.45, 7) is 1.48. The molecule has 262 valence electrons. The maximum absolute atomic E-state index is 14.3. The minimum Gasteiger partial charge on any atom is -0.497 e. The number of anilines is 1. The number of nitrogens with one attached hydrogen (secondary N) is 1. The van der Waals surface area contributed by atoms with Gasteiger partial charge in [0.25, 0.3) is 11.8 Å². The molecular weight excluding hydrogens is 670 g/mol. The molecule has 0 bridgehead atoms. The van der Waals surface area contributed by atoms with E-state index in [1.54, 1.807) is 24.3 Å². The summed E-state index contributed by atoms with van der Waals surface area (Å²) >= 11 is 0. The number of ether oxygens (including phenoxy) is 1. The molecule has 5 aromatic carbocycles. The summed E-state index contributed by atoms with van der Waals surface area (Å²) in [6.07, 6.45) is -0.565. The van der Waals surface area contributed by atoms with Crippen molar-refractivity contribution in [2.45, 2.75) is 19.9 Å². The van der Waals surface area contributed by atoms with Crippen molar-refractivity contribution in [1.82, 2.24) is 15.0 Å². The van der Waals surface area contributed by atoms with Crippen molar-refractivity contribution in [2.75, 3.05) is 19.0 Å². The Labute approximate surface area is 297 Å². The van der Waals surface area contributed by atoms with E-state index >= 15 is 0 Å². The molecule has 2 amide bonds. The van der Waals surface area contributed by atoms with Crippen molar-refractivity contribution in [3.63, 3.8) is 0 Å². The van der Waals surface area contributed by atoms with E-state index in [1.165, 1.54) is 41.8 Å². The van der Waals surface area contributed by atoms with Gasteiger partial charge in [0.05, 0.1) is 13.5 Å². The minimum absolute atomic E-state index is 0.00623. The molecule has 0 saturated heterocycles. The predicted octanol–water partition coefficient (Wildman–Crippen LogP) is 7.57. The maximum atomic E-state index is 14.3. The van der Waals surface area contributed by atoms with E-state index in [0.29, 0.717) is 22.8 Å². The molecule has 0 aliphatic heterocycles. The molecule has 0 saturated carbocycles. The van der Waals surface area contributed by atoms with Crippen molar-refractivity contribution in [3.8, 4) is 39.7 Å². The van der Waals surface area contributed by atoms with Gasteiger partial charge in [-0.1, -0.05) is 71.4 Å². The lowest BCUT2D eigenvalue weighted by Crippen LogP contribution is -2.35. The smallest absolute Gasteiger partial charge is 0.323 e. The summed E-state index contributed by atoms with van der Waals surface area (Å²) < 4.78 is 38.9. The highest BCUT2D eigenvalue weighted by atomic mass is 19.1. The van der Waals surface area contributed by atoms with Crippen molar-refractivity contribution >= 4 is 23.5 Å². The van der Waals surface area contributed by atoms with Gasteiger partial charge in [0.2, 0.25) is 11.7 Å². The third-order valence-corrected chi connectivity index (χ3v) is 8.24. The number of rotatable bonds is 12. The summed E-state index contributed by atoms with van der Waals surface area (Å²) in [5.41, 5.74) is 5.50. The number of benzene rings is 5. The molecule has 52 heavy (non-hydrogen) atoms. The average molecular weight is 703 g/mol. The zero-order valence-electron chi connectivity index (χ0n) is 28.1. The largest absolute Gasteiger partial charge is 0.497 e. The number of methoxy groups -OCH3 is 1. The van der Waals surface area contributed by atoms with E-state index in [4.69, 9.17) is 9.26 Å². The van der Waals surface area contributed by atoms with E-state index < -0.39 is 47.9 Å². The van der Waals surface area contributed by atoms with Crippen LogP contribution in [0.1, 0.15) is 27.0 Å². The molecule has 0 spiro atoms. The van der Waals surface area contributed by atoms with Crippen LogP contribution in [0.4, 0.5) is 14.5 Å². The Kier molecular flexibility index (Phi) is 10.5. The highest BCUT2D eigenvalue weighted by molar-refractivity contribution is 5.97. The molecule has 1 heterocycles. The number of hydrogen-bond donors (Lipinski definition) is 2. The molecular formula is C40H32F2N4O6. The van der Waals surface area contributed by atoms with Gasteiger partial charge in [0.15, 0.2) is 0 Å². The summed E-state index contributed by atoms with van der Waals surface area (Å²) in [4.78, 5) is 43.3. The highest BCUT2D eigenvalue weighted by Crippen LogP contribution is 2.27. The van der Waals surface area contributed by atoms with Crippen LogP contribution in [0.2, 0.25) is 0 Å². The van der Waals surface area contributed by atoms with Gasteiger partial charge >= 0.3 is 5.97 Å². The number of carbonyl (C=O) groups excluding carboxylic acids is 2. The SMILES string of the molecule is COc1cc(F)c(CC(=O)Nc2ccc(C(=O)N(CC(=O)O)Cc3ccc(-c4noc(-c5ccc(-c6ccc(C)cc6)cc5)n4)cc3)cc2)c(F)c1. The van der Waals surface area contributed by atoms with Crippen molar-refractivity contribution < 1.29 is 37.5 Å². The zero-order chi connectivity index (χ0) is 36.8. The van der Waals surface area contributed by atoms with Crippen molar-refractivity contribution in [2.24, 2.45) is 0 Å².